The molecule has 1 saturated carbocycles. The number of ether oxygens (including phenoxy) is 2. The second-order valence-electron chi connectivity index (χ2n) is 5.49. The maximum Gasteiger partial charge on any atom is 0.204 e. The number of ketones is 1. The fraction of sp³-hybridized carbons (Fsp3) is 0.917. The molecule has 0 aromatic carbocycles. The zero-order valence-corrected chi connectivity index (χ0v) is 10.2. The summed E-state index contributed by atoms with van der Waals surface area (Å²) in [5, 5.41) is 30.9. The number of hydrogen-bond acceptors (Lipinski definition) is 6. The van der Waals surface area contributed by atoms with Crippen molar-refractivity contribution in [1.82, 2.24) is 0 Å². The van der Waals surface area contributed by atoms with Crippen molar-refractivity contribution in [1.29, 1.82) is 0 Å². The molecule has 3 fully saturated rings. The van der Waals surface area contributed by atoms with Gasteiger partial charge in [-0.2, -0.15) is 0 Å². The number of Topliss-reactive ketones (excluding diaryl/α,β-unsaturated/α-hetero) is 1. The second-order valence-corrected chi connectivity index (χ2v) is 5.49. The quantitative estimate of drug-likeness (QED) is 0.567. The molecule has 6 heteroatoms. The molecular formula is C12H18O6. The third-order valence-electron chi connectivity index (χ3n) is 4.66. The monoisotopic (exact) mass is 258 g/mol. The van der Waals surface area contributed by atoms with Crippen molar-refractivity contribution >= 4 is 5.78 Å². The lowest BCUT2D eigenvalue weighted by molar-refractivity contribution is -0.394. The molecule has 1 aliphatic carbocycles. The number of carbonyl (C=O) groups excluding carboxylic acids is 1. The largest absolute Gasteiger partial charge is 0.375 e. The molecule has 3 rings (SSSR count). The fourth-order valence-corrected chi connectivity index (χ4v) is 3.47. The topological polar surface area (TPSA) is 96.2 Å². The van der Waals surface area contributed by atoms with Gasteiger partial charge in [-0.1, -0.05) is 13.3 Å². The molecule has 6 atom stereocenters. The highest BCUT2D eigenvalue weighted by molar-refractivity contribution is 5.93. The number of aliphatic hydroxyl groups excluding tert-OH is 1. The highest BCUT2D eigenvalue weighted by Crippen LogP contribution is 2.51. The minimum atomic E-state index is -2.05. The number of fused-ring (bicyclic) bond motifs is 1. The van der Waals surface area contributed by atoms with E-state index < -0.39 is 35.5 Å². The first-order valence-corrected chi connectivity index (χ1v) is 6.40. The normalized spacial score (nSPS) is 55.4. The van der Waals surface area contributed by atoms with Crippen LogP contribution < -0.4 is 0 Å². The Morgan fingerprint density at radius 2 is 2.17 bits per heavy atom. The van der Waals surface area contributed by atoms with Crippen LogP contribution in [0, 0.1) is 11.8 Å². The molecule has 6 unspecified atom stereocenters. The molecule has 0 radical (unpaired) electrons. The van der Waals surface area contributed by atoms with Gasteiger partial charge in [0.05, 0.1) is 12.5 Å². The number of hydrogen-bond donors (Lipinski definition) is 3. The van der Waals surface area contributed by atoms with E-state index in [0.29, 0.717) is 12.8 Å². The van der Waals surface area contributed by atoms with E-state index >= 15 is 0 Å². The number of aliphatic hydroxyl groups is 3. The summed E-state index contributed by atoms with van der Waals surface area (Å²) in [5.74, 6) is -3.42. The van der Waals surface area contributed by atoms with Crippen molar-refractivity contribution in [3.63, 3.8) is 0 Å². The van der Waals surface area contributed by atoms with Crippen LogP contribution in [0.1, 0.15) is 26.2 Å². The van der Waals surface area contributed by atoms with Crippen LogP contribution in [0.15, 0.2) is 0 Å². The lowest BCUT2D eigenvalue weighted by atomic mass is 9.63. The van der Waals surface area contributed by atoms with Gasteiger partial charge in [0.2, 0.25) is 11.4 Å². The molecule has 0 spiro atoms. The molecule has 2 bridgehead atoms. The molecule has 18 heavy (non-hydrogen) atoms. The average molecular weight is 258 g/mol. The lowest BCUT2D eigenvalue weighted by Gasteiger charge is -2.59. The SMILES string of the molecule is CCC1CCC2(O)OCC3C(=O)C2(O)C1OC3O. The highest BCUT2D eigenvalue weighted by Gasteiger charge is 2.72. The molecule has 102 valence electrons. The highest BCUT2D eigenvalue weighted by atomic mass is 16.7. The minimum Gasteiger partial charge on any atom is -0.375 e. The van der Waals surface area contributed by atoms with Crippen molar-refractivity contribution in [3.05, 3.63) is 0 Å². The Bertz CT molecular complexity index is 381. The number of carbonyl (C=O) groups is 1. The lowest BCUT2D eigenvalue weighted by Crippen LogP contribution is -2.79. The van der Waals surface area contributed by atoms with Gasteiger partial charge in [0.25, 0.3) is 0 Å². The van der Waals surface area contributed by atoms with Gasteiger partial charge in [-0.3, -0.25) is 4.79 Å². The van der Waals surface area contributed by atoms with E-state index in [9.17, 15) is 20.1 Å². The molecule has 3 aliphatic rings. The summed E-state index contributed by atoms with van der Waals surface area (Å²) in [4.78, 5) is 12.3. The summed E-state index contributed by atoms with van der Waals surface area (Å²) in [6, 6.07) is 0. The first-order chi connectivity index (χ1) is 8.44. The van der Waals surface area contributed by atoms with E-state index in [1.807, 2.05) is 6.92 Å². The van der Waals surface area contributed by atoms with Crippen LogP contribution in [0.2, 0.25) is 0 Å². The Morgan fingerprint density at radius 3 is 2.83 bits per heavy atom. The van der Waals surface area contributed by atoms with Crippen LogP contribution in [0.25, 0.3) is 0 Å². The Morgan fingerprint density at radius 1 is 1.44 bits per heavy atom. The molecule has 2 heterocycles. The molecular weight excluding hydrogens is 240 g/mol. The molecule has 2 aliphatic heterocycles. The van der Waals surface area contributed by atoms with Gasteiger partial charge in [0.15, 0.2) is 12.1 Å². The maximum absolute atomic E-state index is 12.3. The van der Waals surface area contributed by atoms with Crippen LogP contribution in [-0.4, -0.2) is 51.5 Å². The van der Waals surface area contributed by atoms with Crippen LogP contribution in [0.5, 0.6) is 0 Å². The van der Waals surface area contributed by atoms with Crippen molar-refractivity contribution in [2.45, 2.75) is 50.0 Å². The van der Waals surface area contributed by atoms with E-state index in [2.05, 4.69) is 0 Å². The summed E-state index contributed by atoms with van der Waals surface area (Å²) in [7, 11) is 0. The van der Waals surface area contributed by atoms with Gasteiger partial charge in [0, 0.05) is 6.42 Å². The third kappa shape index (κ3) is 1.27. The third-order valence-corrected chi connectivity index (χ3v) is 4.66. The van der Waals surface area contributed by atoms with E-state index in [-0.39, 0.29) is 18.9 Å². The summed E-state index contributed by atoms with van der Waals surface area (Å²) >= 11 is 0. The van der Waals surface area contributed by atoms with Gasteiger partial charge in [-0.15, -0.1) is 0 Å². The van der Waals surface area contributed by atoms with Crippen LogP contribution in [0.4, 0.5) is 0 Å². The zero-order chi connectivity index (χ0) is 13.1. The molecule has 0 aromatic heterocycles. The van der Waals surface area contributed by atoms with Crippen molar-refractivity contribution < 1.29 is 29.6 Å². The summed E-state index contributed by atoms with van der Waals surface area (Å²) < 4.78 is 10.7. The van der Waals surface area contributed by atoms with Crippen LogP contribution >= 0.6 is 0 Å². The van der Waals surface area contributed by atoms with Gasteiger partial charge < -0.3 is 24.8 Å². The molecule has 0 aromatic rings. The van der Waals surface area contributed by atoms with Crippen LogP contribution in [-0.2, 0) is 14.3 Å². The predicted octanol–water partition coefficient (Wildman–Crippen LogP) is -0.841. The van der Waals surface area contributed by atoms with Gasteiger partial charge in [0.1, 0.15) is 6.10 Å². The van der Waals surface area contributed by atoms with Crippen molar-refractivity contribution in [2.75, 3.05) is 6.61 Å². The molecule has 0 amide bonds. The predicted molar refractivity (Wildman–Crippen MR) is 58.2 cm³/mol. The van der Waals surface area contributed by atoms with Crippen LogP contribution in [0.3, 0.4) is 0 Å². The first kappa shape index (κ1) is 12.5. The second kappa shape index (κ2) is 3.74. The van der Waals surface area contributed by atoms with E-state index in [0.717, 1.165) is 0 Å². The fourth-order valence-electron chi connectivity index (χ4n) is 3.47. The van der Waals surface area contributed by atoms with Crippen molar-refractivity contribution in [2.24, 2.45) is 11.8 Å². The molecule has 6 nitrogen and oxygen atoms in total. The molecule has 3 N–H and O–H groups in total. The number of rotatable bonds is 1. The Hall–Kier alpha value is -0.530. The Labute approximate surface area is 105 Å². The summed E-state index contributed by atoms with van der Waals surface area (Å²) in [5.41, 5.74) is -2.05. The van der Waals surface area contributed by atoms with E-state index in [1.54, 1.807) is 0 Å². The summed E-state index contributed by atoms with van der Waals surface area (Å²) in [6.45, 7) is 1.80. The Kier molecular flexibility index (Phi) is 2.60. The van der Waals surface area contributed by atoms with Gasteiger partial charge in [-0.05, 0) is 12.3 Å². The van der Waals surface area contributed by atoms with E-state index in [1.165, 1.54) is 0 Å². The van der Waals surface area contributed by atoms with Gasteiger partial charge >= 0.3 is 0 Å². The van der Waals surface area contributed by atoms with Gasteiger partial charge in [-0.25, -0.2) is 0 Å². The minimum absolute atomic E-state index is 0.0727. The van der Waals surface area contributed by atoms with E-state index in [4.69, 9.17) is 9.47 Å². The zero-order valence-electron chi connectivity index (χ0n) is 10.2. The smallest absolute Gasteiger partial charge is 0.204 e. The van der Waals surface area contributed by atoms with Crippen molar-refractivity contribution in [3.8, 4) is 0 Å². The molecule has 2 saturated heterocycles. The maximum atomic E-state index is 12.3. The first-order valence-electron chi connectivity index (χ1n) is 6.40. The standard InChI is InChI=1S/C12H18O6/c1-2-6-3-4-11(15)12(16)8(13)7(5-17-11)10(14)18-9(6)12/h6-7,9-10,14-16H,2-5H2,1H3. The summed E-state index contributed by atoms with van der Waals surface area (Å²) in [6.07, 6.45) is -0.672. The Balaban J connectivity index is 2.08. The average Bonchev–Trinajstić information content (AvgIpc) is 2.33.